The Morgan fingerprint density at radius 2 is 2.53 bits per heavy atom. The molecule has 0 bridgehead atoms. The number of anilines is 1. The standard InChI is InChI=1S/C11H12N4O2/c12-5-8-7-15(3-4-17-8)11(16)9-1-2-14-6-10(9)13/h1-2,6,8H,3-4,7,13H2. The largest absolute Gasteiger partial charge is 0.397 e. The molecular weight excluding hydrogens is 220 g/mol. The second-order valence-electron chi connectivity index (χ2n) is 3.70. The minimum absolute atomic E-state index is 0.187. The summed E-state index contributed by atoms with van der Waals surface area (Å²) < 4.78 is 5.18. The van der Waals surface area contributed by atoms with Gasteiger partial charge in [0.1, 0.15) is 0 Å². The number of carbonyl (C=O) groups is 1. The summed E-state index contributed by atoms with van der Waals surface area (Å²) in [5.41, 5.74) is 6.45. The summed E-state index contributed by atoms with van der Waals surface area (Å²) in [6, 6.07) is 3.57. The first-order valence-corrected chi connectivity index (χ1v) is 5.22. The third kappa shape index (κ3) is 2.34. The Morgan fingerprint density at radius 1 is 1.71 bits per heavy atom. The normalized spacial score (nSPS) is 19.7. The highest BCUT2D eigenvalue weighted by atomic mass is 16.5. The van der Waals surface area contributed by atoms with Crippen molar-refractivity contribution in [3.63, 3.8) is 0 Å². The maximum absolute atomic E-state index is 12.1. The second-order valence-corrected chi connectivity index (χ2v) is 3.70. The van der Waals surface area contributed by atoms with Crippen LogP contribution in [0, 0.1) is 11.3 Å². The van der Waals surface area contributed by atoms with Crippen LogP contribution in [0.1, 0.15) is 10.4 Å². The van der Waals surface area contributed by atoms with E-state index in [1.165, 1.54) is 12.4 Å². The molecule has 0 aromatic carbocycles. The van der Waals surface area contributed by atoms with Crippen molar-refractivity contribution in [1.29, 1.82) is 5.26 Å². The van der Waals surface area contributed by atoms with Crippen LogP contribution in [0.5, 0.6) is 0 Å². The number of hydrogen-bond acceptors (Lipinski definition) is 5. The van der Waals surface area contributed by atoms with Gasteiger partial charge in [-0.1, -0.05) is 0 Å². The van der Waals surface area contributed by atoms with Crippen molar-refractivity contribution in [1.82, 2.24) is 9.88 Å². The van der Waals surface area contributed by atoms with Gasteiger partial charge in [0.15, 0.2) is 6.10 Å². The van der Waals surface area contributed by atoms with Gasteiger partial charge in [-0.15, -0.1) is 0 Å². The highest BCUT2D eigenvalue weighted by Gasteiger charge is 2.25. The van der Waals surface area contributed by atoms with Crippen LogP contribution in [0.25, 0.3) is 0 Å². The molecule has 2 heterocycles. The van der Waals surface area contributed by atoms with Gasteiger partial charge in [-0.3, -0.25) is 9.78 Å². The smallest absolute Gasteiger partial charge is 0.256 e. The van der Waals surface area contributed by atoms with E-state index >= 15 is 0 Å². The number of nitrogens with zero attached hydrogens (tertiary/aromatic N) is 3. The number of pyridine rings is 1. The maximum atomic E-state index is 12.1. The molecule has 6 nitrogen and oxygen atoms in total. The summed E-state index contributed by atoms with van der Waals surface area (Å²) in [5.74, 6) is -0.187. The predicted molar refractivity (Wildman–Crippen MR) is 59.9 cm³/mol. The third-order valence-electron chi connectivity index (χ3n) is 2.58. The molecule has 0 spiro atoms. The molecule has 0 saturated carbocycles. The zero-order valence-corrected chi connectivity index (χ0v) is 9.17. The van der Waals surface area contributed by atoms with E-state index in [9.17, 15) is 4.79 Å². The van der Waals surface area contributed by atoms with Crippen molar-refractivity contribution >= 4 is 11.6 Å². The van der Waals surface area contributed by atoms with Crippen molar-refractivity contribution in [3.05, 3.63) is 24.0 Å². The Labute approximate surface area is 98.6 Å². The molecule has 88 valence electrons. The summed E-state index contributed by atoms with van der Waals surface area (Å²) in [4.78, 5) is 17.5. The summed E-state index contributed by atoms with van der Waals surface area (Å²) in [7, 11) is 0. The van der Waals surface area contributed by atoms with Crippen molar-refractivity contribution < 1.29 is 9.53 Å². The minimum atomic E-state index is -0.559. The molecule has 6 heteroatoms. The SMILES string of the molecule is N#CC1CN(C(=O)c2ccncc2N)CCO1. The Morgan fingerprint density at radius 3 is 3.24 bits per heavy atom. The number of morpholine rings is 1. The molecule has 1 amide bonds. The van der Waals surface area contributed by atoms with Gasteiger partial charge < -0.3 is 15.4 Å². The lowest BCUT2D eigenvalue weighted by Crippen LogP contribution is -2.45. The number of hydrogen-bond donors (Lipinski definition) is 1. The zero-order chi connectivity index (χ0) is 12.3. The summed E-state index contributed by atoms with van der Waals surface area (Å²) in [6.45, 7) is 1.12. The average Bonchev–Trinajstić information content (AvgIpc) is 2.38. The first-order chi connectivity index (χ1) is 8.22. The number of rotatable bonds is 1. The first-order valence-electron chi connectivity index (χ1n) is 5.22. The first kappa shape index (κ1) is 11.4. The number of ether oxygens (including phenoxy) is 1. The molecule has 1 fully saturated rings. The lowest BCUT2D eigenvalue weighted by molar-refractivity contribution is 0.00351. The molecule has 1 aliphatic heterocycles. The fourth-order valence-corrected chi connectivity index (χ4v) is 1.68. The van der Waals surface area contributed by atoms with Crippen molar-refractivity contribution in [2.24, 2.45) is 0 Å². The van der Waals surface area contributed by atoms with Gasteiger partial charge in [-0.2, -0.15) is 5.26 Å². The third-order valence-corrected chi connectivity index (χ3v) is 2.58. The van der Waals surface area contributed by atoms with Crippen LogP contribution in [0.4, 0.5) is 5.69 Å². The monoisotopic (exact) mass is 232 g/mol. The van der Waals surface area contributed by atoms with E-state index in [4.69, 9.17) is 15.7 Å². The Kier molecular flexibility index (Phi) is 3.21. The van der Waals surface area contributed by atoms with Crippen LogP contribution < -0.4 is 5.73 Å². The highest BCUT2D eigenvalue weighted by Crippen LogP contribution is 2.14. The van der Waals surface area contributed by atoms with Gasteiger partial charge in [0.25, 0.3) is 5.91 Å². The summed E-state index contributed by atoms with van der Waals surface area (Å²) in [6.07, 6.45) is 2.40. The maximum Gasteiger partial charge on any atom is 0.256 e. The van der Waals surface area contributed by atoms with Gasteiger partial charge in [0.2, 0.25) is 0 Å². The van der Waals surface area contributed by atoms with Crippen molar-refractivity contribution in [2.45, 2.75) is 6.10 Å². The van der Waals surface area contributed by atoms with Gasteiger partial charge >= 0.3 is 0 Å². The van der Waals surface area contributed by atoms with E-state index in [1.54, 1.807) is 11.0 Å². The number of nitrogens with two attached hydrogens (primary N) is 1. The Hall–Kier alpha value is -2.13. The molecule has 1 atom stereocenters. The Bertz CT molecular complexity index is 469. The van der Waals surface area contributed by atoms with Gasteiger partial charge in [0.05, 0.1) is 36.7 Å². The number of amides is 1. The lowest BCUT2D eigenvalue weighted by atomic mass is 10.2. The van der Waals surface area contributed by atoms with Gasteiger partial charge in [-0.05, 0) is 6.07 Å². The molecule has 1 aromatic heterocycles. The van der Waals surface area contributed by atoms with Crippen LogP contribution in [0.3, 0.4) is 0 Å². The molecule has 17 heavy (non-hydrogen) atoms. The van der Waals surface area contributed by atoms with E-state index < -0.39 is 6.10 Å². The van der Waals surface area contributed by atoms with E-state index in [0.717, 1.165) is 0 Å². The lowest BCUT2D eigenvalue weighted by Gasteiger charge is -2.30. The number of nitriles is 1. The second kappa shape index (κ2) is 4.80. The number of aromatic nitrogens is 1. The van der Waals surface area contributed by atoms with E-state index in [2.05, 4.69) is 4.98 Å². The molecule has 1 aliphatic rings. The zero-order valence-electron chi connectivity index (χ0n) is 9.17. The quantitative estimate of drug-likeness (QED) is 0.737. The van der Waals surface area contributed by atoms with Crippen LogP contribution in [-0.4, -0.2) is 41.6 Å². The molecule has 1 aromatic rings. The average molecular weight is 232 g/mol. The summed E-state index contributed by atoms with van der Waals surface area (Å²) >= 11 is 0. The van der Waals surface area contributed by atoms with Crippen LogP contribution in [-0.2, 0) is 4.74 Å². The molecule has 0 aliphatic carbocycles. The highest BCUT2D eigenvalue weighted by molar-refractivity contribution is 5.98. The molecule has 0 radical (unpaired) electrons. The van der Waals surface area contributed by atoms with E-state index in [-0.39, 0.29) is 12.5 Å². The fourth-order valence-electron chi connectivity index (χ4n) is 1.68. The molecule has 2 rings (SSSR count). The predicted octanol–water partition coefficient (Wildman–Crippen LogP) is 0.0284. The minimum Gasteiger partial charge on any atom is -0.397 e. The molecule has 1 unspecified atom stereocenters. The topological polar surface area (TPSA) is 92.2 Å². The number of nitrogen functional groups attached to an aromatic ring is 1. The van der Waals surface area contributed by atoms with E-state index in [1.807, 2.05) is 6.07 Å². The molecule has 2 N–H and O–H groups in total. The van der Waals surface area contributed by atoms with Gasteiger partial charge in [0, 0.05) is 12.7 Å². The molecular formula is C11H12N4O2. The van der Waals surface area contributed by atoms with Crippen LogP contribution in [0.15, 0.2) is 18.5 Å². The number of carbonyl (C=O) groups excluding carboxylic acids is 1. The van der Waals surface area contributed by atoms with Crippen molar-refractivity contribution in [2.75, 3.05) is 25.4 Å². The van der Waals surface area contributed by atoms with Crippen LogP contribution >= 0.6 is 0 Å². The van der Waals surface area contributed by atoms with Gasteiger partial charge in [-0.25, -0.2) is 0 Å². The van der Waals surface area contributed by atoms with Crippen molar-refractivity contribution in [3.8, 4) is 6.07 Å². The summed E-state index contributed by atoms with van der Waals surface area (Å²) in [5, 5.41) is 8.77. The fraction of sp³-hybridized carbons (Fsp3) is 0.364. The van der Waals surface area contributed by atoms with Crippen LogP contribution in [0.2, 0.25) is 0 Å². The van der Waals surface area contributed by atoms with E-state index in [0.29, 0.717) is 24.4 Å². The molecule has 1 saturated heterocycles. The Balaban J connectivity index is 2.16.